The molecule has 0 aromatic heterocycles. The Bertz CT molecular complexity index is 379. The zero-order valence-electron chi connectivity index (χ0n) is 14.2. The number of nitrogens with two attached hydrogens (primary N) is 1. The Labute approximate surface area is 133 Å². The van der Waals surface area contributed by atoms with E-state index in [1.165, 1.54) is 0 Å². The average Bonchev–Trinajstić information content (AvgIpc) is 2.46. The number of aliphatic hydroxyl groups is 1. The first-order chi connectivity index (χ1) is 10.2. The van der Waals surface area contributed by atoms with Crippen LogP contribution in [0.4, 0.5) is 4.79 Å². The van der Waals surface area contributed by atoms with E-state index in [9.17, 15) is 9.90 Å². The number of hydrogen-bond donors (Lipinski definition) is 2. The minimum atomic E-state index is -0.435. The molecule has 0 spiro atoms. The Balaban J connectivity index is 1.77. The van der Waals surface area contributed by atoms with Crippen molar-refractivity contribution in [1.82, 2.24) is 9.80 Å². The van der Waals surface area contributed by atoms with Crippen molar-refractivity contribution in [2.75, 3.05) is 32.8 Å². The molecule has 2 fully saturated rings. The summed E-state index contributed by atoms with van der Waals surface area (Å²) in [5.74, 6) is 0. The van der Waals surface area contributed by atoms with Gasteiger partial charge in [0, 0.05) is 37.8 Å². The van der Waals surface area contributed by atoms with E-state index in [1.807, 2.05) is 25.7 Å². The lowest BCUT2D eigenvalue weighted by atomic mass is 9.88. The Morgan fingerprint density at radius 1 is 1.23 bits per heavy atom. The predicted molar refractivity (Wildman–Crippen MR) is 85.6 cm³/mol. The largest absolute Gasteiger partial charge is 0.444 e. The van der Waals surface area contributed by atoms with Gasteiger partial charge in [-0.15, -0.1) is 0 Å². The summed E-state index contributed by atoms with van der Waals surface area (Å²) < 4.78 is 5.43. The first-order valence-corrected chi connectivity index (χ1v) is 8.34. The Morgan fingerprint density at radius 2 is 1.77 bits per heavy atom. The van der Waals surface area contributed by atoms with Crippen molar-refractivity contribution in [2.24, 2.45) is 5.73 Å². The van der Waals surface area contributed by atoms with Gasteiger partial charge in [-0.25, -0.2) is 4.79 Å². The highest BCUT2D eigenvalue weighted by molar-refractivity contribution is 5.68. The molecule has 0 saturated carbocycles. The zero-order valence-corrected chi connectivity index (χ0v) is 14.2. The number of rotatable bonds is 2. The normalized spacial score (nSPS) is 24.3. The van der Waals surface area contributed by atoms with Crippen molar-refractivity contribution in [3.05, 3.63) is 0 Å². The number of aliphatic hydroxyl groups excluding tert-OH is 1. The third-order valence-corrected chi connectivity index (χ3v) is 4.74. The molecule has 2 saturated heterocycles. The van der Waals surface area contributed by atoms with Gasteiger partial charge in [0.25, 0.3) is 0 Å². The third kappa shape index (κ3) is 4.57. The first-order valence-electron chi connectivity index (χ1n) is 8.34. The van der Waals surface area contributed by atoms with Crippen LogP contribution in [-0.2, 0) is 4.74 Å². The molecule has 3 N–H and O–H groups in total. The molecule has 6 nitrogen and oxygen atoms in total. The molecule has 0 atom stereocenters. The fraction of sp³-hybridized carbons (Fsp3) is 0.938. The second kappa shape index (κ2) is 6.72. The minimum Gasteiger partial charge on any atom is -0.444 e. The molecule has 1 amide bonds. The van der Waals surface area contributed by atoms with Crippen molar-refractivity contribution >= 4 is 6.09 Å². The van der Waals surface area contributed by atoms with E-state index >= 15 is 0 Å². The van der Waals surface area contributed by atoms with Crippen molar-refractivity contribution < 1.29 is 14.6 Å². The molecule has 2 aliphatic heterocycles. The highest BCUT2D eigenvalue weighted by Crippen LogP contribution is 2.25. The molecule has 2 aliphatic rings. The second-order valence-corrected chi connectivity index (χ2v) is 7.76. The standard InChI is InChI=1S/C16H31N3O3/c1-15(2,3)22-14(21)19-8-4-13(5-9-19)18-10-6-16(17,12-20)7-11-18/h13,20H,4-12,17H2,1-3H3. The van der Waals surface area contributed by atoms with Gasteiger partial charge in [-0.1, -0.05) is 0 Å². The van der Waals surface area contributed by atoms with Gasteiger partial charge in [-0.3, -0.25) is 0 Å². The first kappa shape index (κ1) is 17.5. The van der Waals surface area contributed by atoms with Crippen molar-refractivity contribution in [3.63, 3.8) is 0 Å². The average molecular weight is 313 g/mol. The SMILES string of the molecule is CC(C)(C)OC(=O)N1CCC(N2CCC(N)(CO)CC2)CC1. The van der Waals surface area contributed by atoms with Crippen LogP contribution in [0.15, 0.2) is 0 Å². The maximum absolute atomic E-state index is 12.1. The van der Waals surface area contributed by atoms with Crippen LogP contribution in [0.3, 0.4) is 0 Å². The predicted octanol–water partition coefficient (Wildman–Crippen LogP) is 1.17. The Morgan fingerprint density at radius 3 is 2.23 bits per heavy atom. The summed E-state index contributed by atoms with van der Waals surface area (Å²) >= 11 is 0. The molecule has 128 valence electrons. The molecule has 2 rings (SSSR count). The van der Waals surface area contributed by atoms with Crippen LogP contribution < -0.4 is 5.73 Å². The van der Waals surface area contributed by atoms with Gasteiger partial charge in [0.05, 0.1) is 6.61 Å². The summed E-state index contributed by atoms with van der Waals surface area (Å²) in [6.45, 7) is 9.14. The van der Waals surface area contributed by atoms with Gasteiger partial charge in [0.2, 0.25) is 0 Å². The molecule has 0 aromatic carbocycles. The topological polar surface area (TPSA) is 79.0 Å². The van der Waals surface area contributed by atoms with Crippen molar-refractivity contribution in [2.45, 2.75) is 63.6 Å². The van der Waals surface area contributed by atoms with E-state index in [2.05, 4.69) is 4.90 Å². The van der Waals surface area contributed by atoms with E-state index in [1.54, 1.807) is 0 Å². The van der Waals surface area contributed by atoms with E-state index in [-0.39, 0.29) is 12.7 Å². The van der Waals surface area contributed by atoms with Crippen LogP contribution >= 0.6 is 0 Å². The van der Waals surface area contributed by atoms with Crippen LogP contribution in [0, 0.1) is 0 Å². The van der Waals surface area contributed by atoms with Gasteiger partial charge in [-0.05, 0) is 46.5 Å². The molecule has 2 heterocycles. The number of piperidine rings is 2. The number of carbonyl (C=O) groups excluding carboxylic acids is 1. The fourth-order valence-corrected chi connectivity index (χ4v) is 3.23. The molecular formula is C16H31N3O3. The number of ether oxygens (including phenoxy) is 1. The van der Waals surface area contributed by atoms with Gasteiger partial charge < -0.3 is 25.4 Å². The van der Waals surface area contributed by atoms with E-state index in [4.69, 9.17) is 10.5 Å². The Hall–Kier alpha value is -0.850. The van der Waals surface area contributed by atoms with Gasteiger partial charge in [-0.2, -0.15) is 0 Å². The maximum atomic E-state index is 12.1. The smallest absolute Gasteiger partial charge is 0.410 e. The number of amides is 1. The lowest BCUT2D eigenvalue weighted by Gasteiger charge is -2.44. The summed E-state index contributed by atoms with van der Waals surface area (Å²) in [7, 11) is 0. The van der Waals surface area contributed by atoms with Gasteiger partial charge in [0.1, 0.15) is 5.60 Å². The molecular weight excluding hydrogens is 282 g/mol. The summed E-state index contributed by atoms with van der Waals surface area (Å²) in [6.07, 6.45) is 3.45. The number of nitrogens with zero attached hydrogens (tertiary/aromatic N) is 2. The highest BCUT2D eigenvalue weighted by atomic mass is 16.6. The number of carbonyl (C=O) groups is 1. The van der Waals surface area contributed by atoms with Crippen LogP contribution in [0.1, 0.15) is 46.5 Å². The minimum absolute atomic E-state index is 0.0674. The summed E-state index contributed by atoms with van der Waals surface area (Å²) in [5.41, 5.74) is 5.29. The Kier molecular flexibility index (Phi) is 5.35. The molecule has 0 aromatic rings. The van der Waals surface area contributed by atoms with Crippen molar-refractivity contribution in [1.29, 1.82) is 0 Å². The molecule has 6 heteroatoms. The van der Waals surface area contributed by atoms with Crippen LogP contribution in [0.5, 0.6) is 0 Å². The summed E-state index contributed by atoms with van der Waals surface area (Å²) in [4.78, 5) is 16.3. The van der Waals surface area contributed by atoms with E-state index < -0.39 is 11.1 Å². The highest BCUT2D eigenvalue weighted by Gasteiger charge is 2.35. The molecule has 0 aliphatic carbocycles. The van der Waals surface area contributed by atoms with E-state index in [0.29, 0.717) is 6.04 Å². The van der Waals surface area contributed by atoms with Gasteiger partial charge >= 0.3 is 6.09 Å². The lowest BCUT2D eigenvalue weighted by molar-refractivity contribution is 0.00936. The zero-order chi connectivity index (χ0) is 16.4. The monoisotopic (exact) mass is 313 g/mol. The maximum Gasteiger partial charge on any atom is 0.410 e. The molecule has 22 heavy (non-hydrogen) atoms. The summed E-state index contributed by atoms with van der Waals surface area (Å²) in [5, 5.41) is 9.33. The van der Waals surface area contributed by atoms with E-state index in [0.717, 1.165) is 51.9 Å². The third-order valence-electron chi connectivity index (χ3n) is 4.74. The van der Waals surface area contributed by atoms with Crippen LogP contribution in [0.25, 0.3) is 0 Å². The quantitative estimate of drug-likeness (QED) is 0.800. The van der Waals surface area contributed by atoms with Crippen LogP contribution in [-0.4, -0.2) is 71.0 Å². The molecule has 0 radical (unpaired) electrons. The lowest BCUT2D eigenvalue weighted by Crippen LogP contribution is -2.56. The van der Waals surface area contributed by atoms with Crippen LogP contribution in [0.2, 0.25) is 0 Å². The second-order valence-electron chi connectivity index (χ2n) is 7.76. The molecule has 0 unspecified atom stereocenters. The fourth-order valence-electron chi connectivity index (χ4n) is 3.23. The molecule has 0 bridgehead atoms. The summed E-state index contributed by atoms with van der Waals surface area (Å²) in [6, 6.07) is 0.516. The van der Waals surface area contributed by atoms with Crippen molar-refractivity contribution in [3.8, 4) is 0 Å². The number of likely N-dealkylation sites (tertiary alicyclic amines) is 2. The number of hydrogen-bond acceptors (Lipinski definition) is 5. The van der Waals surface area contributed by atoms with Gasteiger partial charge in [0.15, 0.2) is 0 Å².